The van der Waals surface area contributed by atoms with Crippen LogP contribution in [0.2, 0.25) is 5.02 Å². The highest BCUT2D eigenvalue weighted by molar-refractivity contribution is 6.30. The summed E-state index contributed by atoms with van der Waals surface area (Å²) < 4.78 is 13.2. The second-order valence-electron chi connectivity index (χ2n) is 8.13. The number of rotatable bonds is 5. The van der Waals surface area contributed by atoms with E-state index in [-0.39, 0.29) is 29.5 Å². The van der Waals surface area contributed by atoms with Gasteiger partial charge in [0.1, 0.15) is 5.82 Å². The average molecular weight is 451 g/mol. The molecule has 32 heavy (non-hydrogen) atoms. The van der Waals surface area contributed by atoms with Crippen LogP contribution in [0.1, 0.15) is 33.0 Å². The van der Waals surface area contributed by atoms with Gasteiger partial charge in [0, 0.05) is 36.1 Å². The number of nitrogens with zero attached hydrogens (tertiary/aromatic N) is 1. The van der Waals surface area contributed by atoms with Crippen molar-refractivity contribution in [3.8, 4) is 0 Å². The number of benzene rings is 3. The molecule has 0 aromatic heterocycles. The second kappa shape index (κ2) is 9.53. The van der Waals surface area contributed by atoms with Crippen LogP contribution < -0.4 is 5.32 Å². The van der Waals surface area contributed by atoms with Crippen LogP contribution >= 0.6 is 11.6 Å². The largest absolute Gasteiger partial charge is 0.352 e. The fraction of sp³-hybridized carbons (Fsp3) is 0.231. The third-order valence-electron chi connectivity index (χ3n) is 6.00. The summed E-state index contributed by atoms with van der Waals surface area (Å²) in [5, 5.41) is 3.54. The van der Waals surface area contributed by atoms with Gasteiger partial charge in [-0.25, -0.2) is 4.39 Å². The van der Waals surface area contributed by atoms with Crippen molar-refractivity contribution in [2.45, 2.75) is 19.4 Å². The first kappa shape index (κ1) is 22.0. The van der Waals surface area contributed by atoms with E-state index in [1.165, 1.54) is 12.1 Å². The lowest BCUT2D eigenvalue weighted by atomic mass is 9.86. The van der Waals surface area contributed by atoms with Gasteiger partial charge in [0.05, 0.1) is 5.92 Å². The van der Waals surface area contributed by atoms with Gasteiger partial charge < -0.3 is 10.2 Å². The standard InChI is InChI=1S/C26H24ClFN2O2/c1-17-4-2-3-5-22(17)23-15-30(26(32)19-8-10-20(27)11-9-19)16-24(23)25(31)29-14-18-6-12-21(28)13-7-18/h2-13,23-24H,14-16H2,1H3,(H,29,31)/t23-,24+/m1/s1. The topological polar surface area (TPSA) is 49.4 Å². The quantitative estimate of drug-likeness (QED) is 0.597. The van der Waals surface area contributed by atoms with Crippen molar-refractivity contribution >= 4 is 23.4 Å². The summed E-state index contributed by atoms with van der Waals surface area (Å²) in [5.41, 5.74) is 3.53. The maximum Gasteiger partial charge on any atom is 0.253 e. The number of likely N-dealkylation sites (tertiary alicyclic amines) is 1. The minimum Gasteiger partial charge on any atom is -0.352 e. The fourth-order valence-electron chi connectivity index (χ4n) is 4.25. The van der Waals surface area contributed by atoms with Gasteiger partial charge in [0.25, 0.3) is 5.91 Å². The number of carbonyl (C=O) groups is 2. The van der Waals surface area contributed by atoms with Crippen LogP contribution in [0.4, 0.5) is 4.39 Å². The highest BCUT2D eigenvalue weighted by Crippen LogP contribution is 2.35. The summed E-state index contributed by atoms with van der Waals surface area (Å²) in [4.78, 5) is 28.0. The first-order valence-corrected chi connectivity index (χ1v) is 10.9. The van der Waals surface area contributed by atoms with Gasteiger partial charge in [-0.3, -0.25) is 9.59 Å². The molecule has 0 saturated carbocycles. The van der Waals surface area contributed by atoms with Crippen LogP contribution in [0.3, 0.4) is 0 Å². The molecule has 1 fully saturated rings. The highest BCUT2D eigenvalue weighted by atomic mass is 35.5. The maximum absolute atomic E-state index is 13.2. The zero-order chi connectivity index (χ0) is 22.7. The summed E-state index contributed by atoms with van der Waals surface area (Å²) in [6, 6.07) is 20.8. The summed E-state index contributed by atoms with van der Waals surface area (Å²) in [7, 11) is 0. The minimum absolute atomic E-state index is 0.110. The van der Waals surface area contributed by atoms with Gasteiger partial charge in [-0.1, -0.05) is 48.0 Å². The molecule has 2 amide bonds. The molecule has 0 spiro atoms. The van der Waals surface area contributed by atoms with Crippen molar-refractivity contribution < 1.29 is 14.0 Å². The Labute approximate surface area is 192 Å². The van der Waals surface area contributed by atoms with Crippen molar-refractivity contribution in [1.82, 2.24) is 10.2 Å². The number of halogens is 2. The number of nitrogens with one attached hydrogen (secondary N) is 1. The fourth-order valence-corrected chi connectivity index (χ4v) is 4.38. The molecule has 1 heterocycles. The zero-order valence-corrected chi connectivity index (χ0v) is 18.5. The Balaban J connectivity index is 1.55. The normalized spacial score (nSPS) is 17.9. The lowest BCUT2D eigenvalue weighted by molar-refractivity contribution is -0.125. The number of amides is 2. The van der Waals surface area contributed by atoms with Gasteiger partial charge in [-0.15, -0.1) is 0 Å². The summed E-state index contributed by atoms with van der Waals surface area (Å²) in [6.07, 6.45) is 0. The van der Waals surface area contributed by atoms with E-state index in [1.807, 2.05) is 31.2 Å². The third-order valence-corrected chi connectivity index (χ3v) is 6.25. The molecule has 0 unspecified atom stereocenters. The molecule has 0 bridgehead atoms. The van der Waals surface area contributed by atoms with Gasteiger partial charge in [-0.05, 0) is 60.0 Å². The third kappa shape index (κ3) is 4.83. The van der Waals surface area contributed by atoms with Gasteiger partial charge in [0.15, 0.2) is 0 Å². The Kier molecular flexibility index (Phi) is 6.56. The van der Waals surface area contributed by atoms with E-state index in [4.69, 9.17) is 11.6 Å². The number of aryl methyl sites for hydroxylation is 1. The van der Waals surface area contributed by atoms with Crippen LogP contribution in [0, 0.1) is 18.7 Å². The van der Waals surface area contributed by atoms with E-state index >= 15 is 0 Å². The first-order valence-electron chi connectivity index (χ1n) is 10.5. The lowest BCUT2D eigenvalue weighted by Crippen LogP contribution is -2.35. The van der Waals surface area contributed by atoms with E-state index in [2.05, 4.69) is 5.32 Å². The second-order valence-corrected chi connectivity index (χ2v) is 8.57. The number of hydrogen-bond donors (Lipinski definition) is 1. The maximum atomic E-state index is 13.2. The molecule has 4 nitrogen and oxygen atoms in total. The lowest BCUT2D eigenvalue weighted by Gasteiger charge is -2.20. The molecule has 3 aromatic rings. The van der Waals surface area contributed by atoms with E-state index < -0.39 is 0 Å². The average Bonchev–Trinajstić information content (AvgIpc) is 3.24. The van der Waals surface area contributed by atoms with Gasteiger partial charge in [0.2, 0.25) is 5.91 Å². The molecule has 1 N–H and O–H groups in total. The zero-order valence-electron chi connectivity index (χ0n) is 17.7. The molecule has 3 aromatic carbocycles. The highest BCUT2D eigenvalue weighted by Gasteiger charge is 2.41. The van der Waals surface area contributed by atoms with E-state index in [1.54, 1.807) is 41.3 Å². The summed E-state index contributed by atoms with van der Waals surface area (Å²) >= 11 is 5.96. The Morgan fingerprint density at radius 2 is 1.69 bits per heavy atom. The van der Waals surface area contributed by atoms with Crippen LogP contribution in [0.5, 0.6) is 0 Å². The molecule has 1 aliphatic rings. The molecule has 164 valence electrons. The van der Waals surface area contributed by atoms with Crippen LogP contribution in [0.15, 0.2) is 72.8 Å². The molecule has 1 aliphatic heterocycles. The molecule has 4 rings (SSSR count). The Morgan fingerprint density at radius 3 is 2.38 bits per heavy atom. The smallest absolute Gasteiger partial charge is 0.253 e. The number of hydrogen-bond acceptors (Lipinski definition) is 2. The predicted octanol–water partition coefficient (Wildman–Crippen LogP) is 4.96. The monoisotopic (exact) mass is 450 g/mol. The SMILES string of the molecule is Cc1ccccc1[C@H]1CN(C(=O)c2ccc(Cl)cc2)C[C@@H]1C(=O)NCc1ccc(F)cc1. The molecule has 1 saturated heterocycles. The Bertz CT molecular complexity index is 1120. The molecule has 6 heteroatoms. The van der Waals surface area contributed by atoms with Gasteiger partial charge >= 0.3 is 0 Å². The summed E-state index contributed by atoms with van der Waals surface area (Å²) in [5.74, 6) is -1.04. The Hall–Kier alpha value is -3.18. The van der Waals surface area contributed by atoms with E-state index in [0.29, 0.717) is 30.2 Å². The molecular weight excluding hydrogens is 427 g/mol. The predicted molar refractivity (Wildman–Crippen MR) is 123 cm³/mol. The molecular formula is C26H24ClFN2O2. The van der Waals surface area contributed by atoms with Gasteiger partial charge in [-0.2, -0.15) is 0 Å². The molecule has 2 atom stereocenters. The van der Waals surface area contributed by atoms with E-state index in [9.17, 15) is 14.0 Å². The Morgan fingerprint density at radius 1 is 1.00 bits per heavy atom. The number of carbonyl (C=O) groups excluding carboxylic acids is 2. The van der Waals surface area contributed by atoms with E-state index in [0.717, 1.165) is 16.7 Å². The summed E-state index contributed by atoms with van der Waals surface area (Å²) in [6.45, 7) is 3.12. The van der Waals surface area contributed by atoms with Crippen LogP contribution in [-0.4, -0.2) is 29.8 Å². The van der Waals surface area contributed by atoms with Crippen LogP contribution in [0.25, 0.3) is 0 Å². The minimum atomic E-state index is -0.382. The molecule has 0 radical (unpaired) electrons. The van der Waals surface area contributed by atoms with Crippen molar-refractivity contribution in [2.24, 2.45) is 5.92 Å². The van der Waals surface area contributed by atoms with Crippen molar-refractivity contribution in [1.29, 1.82) is 0 Å². The van der Waals surface area contributed by atoms with Crippen molar-refractivity contribution in [2.75, 3.05) is 13.1 Å². The van der Waals surface area contributed by atoms with Crippen molar-refractivity contribution in [3.05, 3.63) is 106 Å². The molecule has 0 aliphatic carbocycles. The first-order chi connectivity index (χ1) is 15.4. The van der Waals surface area contributed by atoms with Crippen LogP contribution in [-0.2, 0) is 11.3 Å². The van der Waals surface area contributed by atoms with Crippen molar-refractivity contribution in [3.63, 3.8) is 0 Å².